The van der Waals surface area contributed by atoms with Crippen LogP contribution in [0.2, 0.25) is 0 Å². The van der Waals surface area contributed by atoms with Crippen LogP contribution in [-0.4, -0.2) is 17.6 Å². The summed E-state index contributed by atoms with van der Waals surface area (Å²) in [5.41, 5.74) is 5.85. The van der Waals surface area contributed by atoms with Gasteiger partial charge in [0.15, 0.2) is 0 Å². The van der Waals surface area contributed by atoms with Crippen molar-refractivity contribution in [2.75, 3.05) is 6.54 Å². The van der Waals surface area contributed by atoms with Gasteiger partial charge in [0.1, 0.15) is 5.67 Å². The Labute approximate surface area is 100 Å². The van der Waals surface area contributed by atoms with E-state index >= 15 is 0 Å². The molecule has 1 aromatic rings. The molecule has 0 aliphatic carbocycles. The second-order valence-corrected chi connectivity index (χ2v) is 4.67. The van der Waals surface area contributed by atoms with Crippen LogP contribution in [0.3, 0.4) is 0 Å². The van der Waals surface area contributed by atoms with E-state index in [4.69, 9.17) is 10.8 Å². The van der Waals surface area contributed by atoms with E-state index in [2.05, 4.69) is 0 Å². The first-order valence-corrected chi connectivity index (χ1v) is 5.50. The van der Waals surface area contributed by atoms with Crippen molar-refractivity contribution in [1.29, 1.82) is 0 Å². The van der Waals surface area contributed by atoms with Crippen LogP contribution in [-0.2, 0) is 10.5 Å². The van der Waals surface area contributed by atoms with E-state index in [1.165, 1.54) is 13.8 Å². The van der Waals surface area contributed by atoms with Gasteiger partial charge >= 0.3 is 5.97 Å². The largest absolute Gasteiger partial charge is 0.481 e. The maximum Gasteiger partial charge on any atom is 0.312 e. The van der Waals surface area contributed by atoms with E-state index in [0.717, 1.165) is 5.56 Å². The molecular weight excluding hydrogens is 221 g/mol. The first-order chi connectivity index (χ1) is 7.77. The van der Waals surface area contributed by atoms with E-state index in [1.807, 2.05) is 0 Å². The zero-order valence-corrected chi connectivity index (χ0v) is 10.3. The van der Waals surface area contributed by atoms with Crippen LogP contribution in [0.4, 0.5) is 4.39 Å². The number of rotatable bonds is 4. The zero-order valence-electron chi connectivity index (χ0n) is 10.3. The van der Waals surface area contributed by atoms with Gasteiger partial charge in [-0.05, 0) is 37.5 Å². The van der Waals surface area contributed by atoms with Crippen LogP contribution in [0.1, 0.15) is 36.5 Å². The number of hydrogen-bond donors (Lipinski definition) is 2. The smallest absolute Gasteiger partial charge is 0.312 e. The topological polar surface area (TPSA) is 63.3 Å². The number of halogens is 1. The van der Waals surface area contributed by atoms with E-state index in [1.54, 1.807) is 25.1 Å². The summed E-state index contributed by atoms with van der Waals surface area (Å²) in [5, 5.41) is 9.07. The summed E-state index contributed by atoms with van der Waals surface area (Å²) in [7, 11) is 0. The Morgan fingerprint density at radius 3 is 2.53 bits per heavy atom. The van der Waals surface area contributed by atoms with Crippen molar-refractivity contribution in [3.63, 3.8) is 0 Å². The number of nitrogens with two attached hydrogens (primary N) is 1. The molecule has 1 aromatic carbocycles. The third-order valence-electron chi connectivity index (χ3n) is 2.87. The number of aliphatic carboxylic acids is 1. The maximum atomic E-state index is 13.8. The number of alkyl halides is 1. The molecule has 94 valence electrons. The number of carboxylic acid groups (broad SMARTS) is 1. The lowest BCUT2D eigenvalue weighted by Gasteiger charge is -2.19. The van der Waals surface area contributed by atoms with Gasteiger partial charge in [-0.25, -0.2) is 4.39 Å². The standard InChI is InChI=1S/C13H18FNO2/c1-8-4-5-9(13(2,3)14)6-10(8)11(7-15)12(16)17/h4-6,11H,7,15H2,1-3H3,(H,16,17). The first-order valence-electron chi connectivity index (χ1n) is 5.50. The fourth-order valence-corrected chi connectivity index (χ4v) is 1.75. The monoisotopic (exact) mass is 239 g/mol. The lowest BCUT2D eigenvalue weighted by Crippen LogP contribution is -2.22. The molecule has 0 aliphatic rings. The number of carbonyl (C=O) groups is 1. The molecule has 0 spiro atoms. The average molecular weight is 239 g/mol. The highest BCUT2D eigenvalue weighted by atomic mass is 19.1. The molecule has 0 saturated carbocycles. The van der Waals surface area contributed by atoms with Gasteiger partial charge in [0.05, 0.1) is 5.92 Å². The lowest BCUT2D eigenvalue weighted by atomic mass is 9.89. The normalized spacial score (nSPS) is 13.5. The van der Waals surface area contributed by atoms with Crippen molar-refractivity contribution < 1.29 is 14.3 Å². The van der Waals surface area contributed by atoms with Crippen LogP contribution in [0.5, 0.6) is 0 Å². The van der Waals surface area contributed by atoms with Gasteiger partial charge in [0, 0.05) is 6.54 Å². The highest BCUT2D eigenvalue weighted by molar-refractivity contribution is 5.77. The van der Waals surface area contributed by atoms with Gasteiger partial charge in [0.2, 0.25) is 0 Å². The molecule has 0 heterocycles. The van der Waals surface area contributed by atoms with E-state index in [-0.39, 0.29) is 6.54 Å². The quantitative estimate of drug-likeness (QED) is 0.847. The maximum absolute atomic E-state index is 13.8. The molecule has 0 fully saturated rings. The second-order valence-electron chi connectivity index (χ2n) is 4.67. The molecule has 3 N–H and O–H groups in total. The molecule has 0 radical (unpaired) electrons. The fourth-order valence-electron chi connectivity index (χ4n) is 1.75. The van der Waals surface area contributed by atoms with Crippen molar-refractivity contribution in [3.05, 3.63) is 34.9 Å². The average Bonchev–Trinajstić information content (AvgIpc) is 2.19. The third kappa shape index (κ3) is 3.03. The fraction of sp³-hybridized carbons (Fsp3) is 0.462. The summed E-state index contributed by atoms with van der Waals surface area (Å²) in [5.74, 6) is -1.76. The molecule has 4 heteroatoms. The molecule has 0 amide bonds. The van der Waals surface area contributed by atoms with Gasteiger partial charge in [-0.3, -0.25) is 4.79 Å². The Kier molecular flexibility index (Phi) is 3.88. The zero-order chi connectivity index (χ0) is 13.2. The summed E-state index contributed by atoms with van der Waals surface area (Å²) in [4.78, 5) is 11.1. The Morgan fingerprint density at radius 1 is 1.53 bits per heavy atom. The number of carboxylic acids is 1. The summed E-state index contributed by atoms with van der Waals surface area (Å²) in [6, 6.07) is 5.01. The van der Waals surface area contributed by atoms with E-state index in [0.29, 0.717) is 11.1 Å². The predicted octanol–water partition coefficient (Wildman–Crippen LogP) is 2.33. The Hall–Kier alpha value is -1.42. The van der Waals surface area contributed by atoms with Crippen molar-refractivity contribution >= 4 is 5.97 Å². The molecule has 1 rings (SSSR count). The highest BCUT2D eigenvalue weighted by Crippen LogP contribution is 2.29. The Balaban J connectivity index is 3.28. The number of aryl methyl sites for hydroxylation is 1. The molecule has 1 atom stereocenters. The summed E-state index contributed by atoms with van der Waals surface area (Å²) >= 11 is 0. The molecule has 0 saturated heterocycles. The van der Waals surface area contributed by atoms with Crippen LogP contribution in [0, 0.1) is 6.92 Å². The Bertz CT molecular complexity index is 424. The van der Waals surface area contributed by atoms with Crippen LogP contribution in [0.25, 0.3) is 0 Å². The molecule has 0 bridgehead atoms. The van der Waals surface area contributed by atoms with Gasteiger partial charge in [-0.1, -0.05) is 18.2 Å². The van der Waals surface area contributed by atoms with E-state index in [9.17, 15) is 9.18 Å². The minimum atomic E-state index is -1.49. The lowest BCUT2D eigenvalue weighted by molar-refractivity contribution is -0.138. The first kappa shape index (κ1) is 13.6. The van der Waals surface area contributed by atoms with E-state index < -0.39 is 17.6 Å². The van der Waals surface area contributed by atoms with Gasteiger partial charge in [-0.15, -0.1) is 0 Å². The molecular formula is C13H18FNO2. The van der Waals surface area contributed by atoms with Gasteiger partial charge < -0.3 is 10.8 Å². The number of hydrogen-bond acceptors (Lipinski definition) is 2. The van der Waals surface area contributed by atoms with Crippen LogP contribution < -0.4 is 5.73 Å². The molecule has 1 unspecified atom stereocenters. The van der Waals surface area contributed by atoms with Gasteiger partial charge in [-0.2, -0.15) is 0 Å². The summed E-state index contributed by atoms with van der Waals surface area (Å²) < 4.78 is 13.8. The molecule has 0 aliphatic heterocycles. The van der Waals surface area contributed by atoms with Crippen molar-refractivity contribution in [3.8, 4) is 0 Å². The summed E-state index contributed by atoms with van der Waals surface area (Å²) in [6.45, 7) is 4.70. The molecule has 0 aromatic heterocycles. The summed E-state index contributed by atoms with van der Waals surface area (Å²) in [6.07, 6.45) is 0. The molecule has 17 heavy (non-hydrogen) atoms. The van der Waals surface area contributed by atoms with Crippen LogP contribution >= 0.6 is 0 Å². The predicted molar refractivity (Wildman–Crippen MR) is 64.7 cm³/mol. The second kappa shape index (κ2) is 4.84. The highest BCUT2D eigenvalue weighted by Gasteiger charge is 2.24. The third-order valence-corrected chi connectivity index (χ3v) is 2.87. The number of benzene rings is 1. The Morgan fingerprint density at radius 2 is 2.12 bits per heavy atom. The van der Waals surface area contributed by atoms with Crippen molar-refractivity contribution in [2.45, 2.75) is 32.4 Å². The van der Waals surface area contributed by atoms with Crippen LogP contribution in [0.15, 0.2) is 18.2 Å². The van der Waals surface area contributed by atoms with Gasteiger partial charge in [0.25, 0.3) is 0 Å². The SMILES string of the molecule is Cc1ccc(C(C)(C)F)cc1C(CN)C(=O)O. The minimum absolute atomic E-state index is 0.00629. The minimum Gasteiger partial charge on any atom is -0.481 e. The van der Waals surface area contributed by atoms with Crippen molar-refractivity contribution in [1.82, 2.24) is 0 Å². The van der Waals surface area contributed by atoms with Crippen molar-refractivity contribution in [2.24, 2.45) is 5.73 Å². The molecule has 3 nitrogen and oxygen atoms in total.